The number of carbonyl (C=O) groups is 1. The second kappa shape index (κ2) is 5.11. The molecule has 1 aliphatic rings. The van der Waals surface area contributed by atoms with Crippen molar-refractivity contribution < 1.29 is 14.6 Å². The Balaban J connectivity index is 1.83. The number of hydrogen-bond acceptors (Lipinski definition) is 3. The molecule has 1 aromatic carbocycles. The SMILES string of the molecule is CC(C)(C)OC(=O)NCC1Cc2ccc(O)cc2C1. The monoisotopic (exact) mass is 263 g/mol. The van der Waals surface area contributed by atoms with E-state index in [0.29, 0.717) is 18.2 Å². The molecule has 2 N–H and O–H groups in total. The molecule has 0 spiro atoms. The highest BCUT2D eigenvalue weighted by Gasteiger charge is 2.23. The van der Waals surface area contributed by atoms with Crippen LogP contribution in [0.2, 0.25) is 0 Å². The Kier molecular flexibility index (Phi) is 3.69. The number of rotatable bonds is 2. The summed E-state index contributed by atoms with van der Waals surface area (Å²) in [5, 5.41) is 12.2. The van der Waals surface area contributed by atoms with Crippen LogP contribution in [0.3, 0.4) is 0 Å². The first-order valence-corrected chi connectivity index (χ1v) is 6.61. The molecule has 1 aromatic rings. The summed E-state index contributed by atoms with van der Waals surface area (Å²) in [4.78, 5) is 11.6. The van der Waals surface area contributed by atoms with Gasteiger partial charge in [-0.15, -0.1) is 0 Å². The average molecular weight is 263 g/mol. The van der Waals surface area contributed by atoms with Gasteiger partial charge >= 0.3 is 6.09 Å². The Bertz CT molecular complexity index is 477. The summed E-state index contributed by atoms with van der Waals surface area (Å²) in [6.07, 6.45) is 1.46. The molecule has 0 saturated carbocycles. The maximum atomic E-state index is 11.6. The Hall–Kier alpha value is -1.71. The summed E-state index contributed by atoms with van der Waals surface area (Å²) in [7, 11) is 0. The third kappa shape index (κ3) is 3.88. The van der Waals surface area contributed by atoms with E-state index in [-0.39, 0.29) is 6.09 Å². The van der Waals surface area contributed by atoms with Crippen molar-refractivity contribution in [2.24, 2.45) is 5.92 Å². The average Bonchev–Trinajstić information content (AvgIpc) is 2.66. The lowest BCUT2D eigenvalue weighted by Crippen LogP contribution is -2.35. The number of amides is 1. The van der Waals surface area contributed by atoms with Crippen molar-refractivity contribution in [2.45, 2.75) is 39.2 Å². The van der Waals surface area contributed by atoms with E-state index < -0.39 is 5.60 Å². The summed E-state index contributed by atoms with van der Waals surface area (Å²) in [6, 6.07) is 5.48. The Morgan fingerprint density at radius 2 is 2.05 bits per heavy atom. The van der Waals surface area contributed by atoms with Crippen LogP contribution in [0.25, 0.3) is 0 Å². The number of nitrogens with one attached hydrogen (secondary N) is 1. The quantitative estimate of drug-likeness (QED) is 0.862. The fourth-order valence-corrected chi connectivity index (χ4v) is 2.38. The van der Waals surface area contributed by atoms with E-state index in [1.165, 1.54) is 11.1 Å². The van der Waals surface area contributed by atoms with Gasteiger partial charge in [0.2, 0.25) is 0 Å². The minimum absolute atomic E-state index is 0.305. The first-order chi connectivity index (χ1) is 8.83. The van der Waals surface area contributed by atoms with E-state index in [1.54, 1.807) is 6.07 Å². The number of ether oxygens (including phenoxy) is 1. The molecule has 4 nitrogen and oxygen atoms in total. The van der Waals surface area contributed by atoms with Crippen LogP contribution in [0, 0.1) is 5.92 Å². The number of alkyl carbamates (subject to hydrolysis) is 1. The summed E-state index contributed by atoms with van der Waals surface area (Å²) in [5.74, 6) is 0.684. The number of aromatic hydroxyl groups is 1. The lowest BCUT2D eigenvalue weighted by atomic mass is 10.1. The molecule has 0 bridgehead atoms. The molecule has 1 atom stereocenters. The highest BCUT2D eigenvalue weighted by molar-refractivity contribution is 5.67. The predicted octanol–water partition coefficient (Wildman–Crippen LogP) is 2.63. The molecule has 104 valence electrons. The van der Waals surface area contributed by atoms with Crippen molar-refractivity contribution in [3.63, 3.8) is 0 Å². The van der Waals surface area contributed by atoms with E-state index >= 15 is 0 Å². The van der Waals surface area contributed by atoms with E-state index in [4.69, 9.17) is 4.74 Å². The Labute approximate surface area is 113 Å². The van der Waals surface area contributed by atoms with Crippen LogP contribution in [0.1, 0.15) is 31.9 Å². The van der Waals surface area contributed by atoms with Gasteiger partial charge in [-0.1, -0.05) is 6.07 Å². The number of phenols is 1. The molecule has 0 aromatic heterocycles. The molecule has 19 heavy (non-hydrogen) atoms. The zero-order valence-corrected chi connectivity index (χ0v) is 11.7. The van der Waals surface area contributed by atoms with Crippen molar-refractivity contribution in [1.82, 2.24) is 5.32 Å². The van der Waals surface area contributed by atoms with Crippen LogP contribution >= 0.6 is 0 Å². The number of phenolic OH excluding ortho intramolecular Hbond substituents is 1. The molecular weight excluding hydrogens is 242 g/mol. The topological polar surface area (TPSA) is 58.6 Å². The fourth-order valence-electron chi connectivity index (χ4n) is 2.38. The van der Waals surface area contributed by atoms with Crippen molar-refractivity contribution in [3.8, 4) is 5.75 Å². The van der Waals surface area contributed by atoms with Crippen LogP contribution in [0.5, 0.6) is 5.75 Å². The van der Waals surface area contributed by atoms with Crippen LogP contribution in [0.15, 0.2) is 18.2 Å². The predicted molar refractivity (Wildman–Crippen MR) is 73.2 cm³/mol. The van der Waals surface area contributed by atoms with Crippen LogP contribution < -0.4 is 5.32 Å². The molecule has 0 radical (unpaired) electrons. The van der Waals surface area contributed by atoms with Crippen LogP contribution in [0.4, 0.5) is 4.79 Å². The molecule has 0 heterocycles. The van der Waals surface area contributed by atoms with Gasteiger partial charge < -0.3 is 15.2 Å². The molecule has 0 aliphatic heterocycles. The number of fused-ring (bicyclic) bond motifs is 1. The largest absolute Gasteiger partial charge is 0.508 e. The van der Waals surface area contributed by atoms with Crippen LogP contribution in [-0.2, 0) is 17.6 Å². The maximum Gasteiger partial charge on any atom is 0.407 e. The normalized spacial score (nSPS) is 17.9. The molecule has 2 rings (SSSR count). The zero-order chi connectivity index (χ0) is 14.0. The van der Waals surface area contributed by atoms with Gasteiger partial charge in [-0.25, -0.2) is 4.79 Å². The van der Waals surface area contributed by atoms with E-state index in [1.807, 2.05) is 32.9 Å². The molecule has 1 amide bonds. The Morgan fingerprint density at radius 1 is 1.37 bits per heavy atom. The molecule has 4 heteroatoms. The number of benzene rings is 1. The van der Waals surface area contributed by atoms with Gasteiger partial charge in [0, 0.05) is 6.54 Å². The minimum Gasteiger partial charge on any atom is -0.508 e. The van der Waals surface area contributed by atoms with Gasteiger partial charge in [0.25, 0.3) is 0 Å². The third-order valence-corrected chi connectivity index (χ3v) is 3.14. The summed E-state index contributed by atoms with van der Waals surface area (Å²) in [6.45, 7) is 6.15. The van der Waals surface area contributed by atoms with E-state index in [2.05, 4.69) is 5.32 Å². The number of hydrogen-bond donors (Lipinski definition) is 2. The molecule has 0 fully saturated rings. The van der Waals surface area contributed by atoms with Crippen molar-refractivity contribution in [3.05, 3.63) is 29.3 Å². The van der Waals surface area contributed by atoms with Gasteiger partial charge in [0.05, 0.1) is 0 Å². The third-order valence-electron chi connectivity index (χ3n) is 3.14. The second-order valence-electron chi connectivity index (χ2n) is 6.11. The summed E-state index contributed by atoms with van der Waals surface area (Å²) < 4.78 is 5.20. The maximum absolute atomic E-state index is 11.6. The van der Waals surface area contributed by atoms with Gasteiger partial charge in [-0.05, 0) is 62.8 Å². The molecular formula is C15H21NO3. The summed E-state index contributed by atoms with van der Waals surface area (Å²) >= 11 is 0. The number of carbonyl (C=O) groups excluding carboxylic acids is 1. The van der Waals surface area contributed by atoms with Gasteiger partial charge in [0.1, 0.15) is 11.4 Å². The standard InChI is InChI=1S/C15H21NO3/c1-15(2,3)19-14(18)16-9-10-6-11-4-5-13(17)8-12(11)7-10/h4-5,8,10,17H,6-7,9H2,1-3H3,(H,16,18). The zero-order valence-electron chi connectivity index (χ0n) is 11.7. The van der Waals surface area contributed by atoms with Gasteiger partial charge in [0.15, 0.2) is 0 Å². The van der Waals surface area contributed by atoms with Crippen molar-refractivity contribution >= 4 is 6.09 Å². The second-order valence-corrected chi connectivity index (χ2v) is 6.11. The smallest absolute Gasteiger partial charge is 0.407 e. The van der Waals surface area contributed by atoms with Crippen LogP contribution in [-0.4, -0.2) is 23.3 Å². The highest BCUT2D eigenvalue weighted by Crippen LogP contribution is 2.29. The van der Waals surface area contributed by atoms with Gasteiger partial charge in [-0.3, -0.25) is 0 Å². The highest BCUT2D eigenvalue weighted by atomic mass is 16.6. The lowest BCUT2D eigenvalue weighted by molar-refractivity contribution is 0.0520. The van der Waals surface area contributed by atoms with E-state index in [9.17, 15) is 9.90 Å². The minimum atomic E-state index is -0.464. The first kappa shape index (κ1) is 13.7. The summed E-state index contributed by atoms with van der Waals surface area (Å²) in [5.41, 5.74) is 1.97. The van der Waals surface area contributed by atoms with E-state index in [0.717, 1.165) is 12.8 Å². The molecule has 1 unspecified atom stereocenters. The first-order valence-electron chi connectivity index (χ1n) is 6.61. The Morgan fingerprint density at radius 3 is 2.74 bits per heavy atom. The molecule has 0 saturated heterocycles. The van der Waals surface area contributed by atoms with Crippen molar-refractivity contribution in [1.29, 1.82) is 0 Å². The van der Waals surface area contributed by atoms with Crippen molar-refractivity contribution in [2.75, 3.05) is 6.54 Å². The fraction of sp³-hybridized carbons (Fsp3) is 0.533. The van der Waals surface area contributed by atoms with Gasteiger partial charge in [-0.2, -0.15) is 0 Å². The molecule has 1 aliphatic carbocycles. The lowest BCUT2D eigenvalue weighted by Gasteiger charge is -2.20.